The Bertz CT molecular complexity index is 382. The average molecular weight is 215 g/mol. The molecule has 1 aromatic carbocycles. The lowest BCUT2D eigenvalue weighted by atomic mass is 10.1. The summed E-state index contributed by atoms with van der Waals surface area (Å²) in [6, 6.07) is 1.00. The van der Waals surface area contributed by atoms with Crippen molar-refractivity contribution < 1.29 is 18.3 Å². The number of hydrogen-bond acceptors (Lipinski definition) is 3. The lowest BCUT2D eigenvalue weighted by molar-refractivity contribution is 0.167. The van der Waals surface area contributed by atoms with Crippen LogP contribution in [0, 0.1) is 11.6 Å². The van der Waals surface area contributed by atoms with Gasteiger partial charge in [-0.3, -0.25) is 0 Å². The van der Waals surface area contributed by atoms with Crippen LogP contribution in [0.3, 0.4) is 0 Å². The van der Waals surface area contributed by atoms with E-state index in [0.717, 1.165) is 6.07 Å². The van der Waals surface area contributed by atoms with Gasteiger partial charge in [0.1, 0.15) is 13.2 Å². The minimum atomic E-state index is -0.928. The largest absolute Gasteiger partial charge is 0.486 e. The molecule has 0 amide bonds. The van der Waals surface area contributed by atoms with Crippen LogP contribution in [0.15, 0.2) is 6.07 Å². The fraction of sp³-hybridized carbons (Fsp3) is 0.400. The Morgan fingerprint density at radius 1 is 1.27 bits per heavy atom. The molecule has 0 atom stereocenters. The SMILES string of the molecule is NCCc1c(F)c(F)cc2c1OCCO2. The van der Waals surface area contributed by atoms with Gasteiger partial charge in [0.05, 0.1) is 0 Å². The molecule has 0 saturated heterocycles. The molecule has 0 bridgehead atoms. The van der Waals surface area contributed by atoms with Crippen molar-refractivity contribution in [3.05, 3.63) is 23.3 Å². The topological polar surface area (TPSA) is 44.5 Å². The van der Waals surface area contributed by atoms with Crippen LogP contribution in [0.5, 0.6) is 11.5 Å². The van der Waals surface area contributed by atoms with Crippen molar-refractivity contribution in [1.29, 1.82) is 0 Å². The van der Waals surface area contributed by atoms with Gasteiger partial charge in [0.15, 0.2) is 23.1 Å². The molecule has 1 aromatic rings. The molecule has 82 valence electrons. The van der Waals surface area contributed by atoms with Crippen LogP contribution in [0.1, 0.15) is 5.56 Å². The van der Waals surface area contributed by atoms with E-state index in [9.17, 15) is 8.78 Å². The first-order valence-corrected chi connectivity index (χ1v) is 4.70. The molecule has 0 aliphatic carbocycles. The molecule has 0 spiro atoms. The normalized spacial score (nSPS) is 14.1. The molecule has 0 unspecified atom stereocenters. The Hall–Kier alpha value is -1.36. The second-order valence-corrected chi connectivity index (χ2v) is 3.21. The minimum Gasteiger partial charge on any atom is -0.486 e. The number of halogens is 2. The molecule has 1 aliphatic rings. The molecule has 1 aliphatic heterocycles. The third kappa shape index (κ3) is 1.74. The minimum absolute atomic E-state index is 0.159. The first kappa shape index (κ1) is 10.2. The fourth-order valence-corrected chi connectivity index (χ4v) is 1.56. The summed E-state index contributed by atoms with van der Waals surface area (Å²) in [5.74, 6) is -1.29. The molecule has 0 fully saturated rings. The second kappa shape index (κ2) is 4.02. The quantitative estimate of drug-likeness (QED) is 0.807. The van der Waals surface area contributed by atoms with E-state index < -0.39 is 11.6 Å². The lowest BCUT2D eigenvalue weighted by Crippen LogP contribution is -2.19. The summed E-state index contributed by atoms with van der Waals surface area (Å²) in [6.45, 7) is 0.923. The Labute approximate surface area is 85.8 Å². The third-order valence-electron chi connectivity index (χ3n) is 2.21. The molecule has 0 radical (unpaired) electrons. The molecular weight excluding hydrogens is 204 g/mol. The monoisotopic (exact) mass is 215 g/mol. The Morgan fingerprint density at radius 2 is 2.00 bits per heavy atom. The molecular formula is C10H11F2NO2. The molecule has 3 nitrogen and oxygen atoms in total. The van der Waals surface area contributed by atoms with Crippen LogP contribution in [-0.4, -0.2) is 19.8 Å². The van der Waals surface area contributed by atoms with Gasteiger partial charge in [-0.25, -0.2) is 8.78 Å². The predicted molar refractivity (Wildman–Crippen MR) is 50.1 cm³/mol. The van der Waals surface area contributed by atoms with Crippen molar-refractivity contribution in [3.63, 3.8) is 0 Å². The molecule has 0 saturated carbocycles. The van der Waals surface area contributed by atoms with Gasteiger partial charge in [-0.2, -0.15) is 0 Å². The first-order chi connectivity index (χ1) is 7.24. The van der Waals surface area contributed by atoms with Crippen LogP contribution in [0.25, 0.3) is 0 Å². The number of hydrogen-bond donors (Lipinski definition) is 1. The summed E-state index contributed by atoms with van der Waals surface area (Å²) in [5.41, 5.74) is 5.49. The highest BCUT2D eigenvalue weighted by molar-refractivity contribution is 5.49. The standard InChI is InChI=1S/C10H11F2NO2/c11-7-5-8-10(15-4-3-14-8)6(1-2-13)9(7)12/h5H,1-4,13H2. The van der Waals surface area contributed by atoms with E-state index in [1.165, 1.54) is 0 Å². The van der Waals surface area contributed by atoms with E-state index >= 15 is 0 Å². The Kier molecular flexibility index (Phi) is 2.73. The smallest absolute Gasteiger partial charge is 0.167 e. The van der Waals surface area contributed by atoms with Gasteiger partial charge in [0.2, 0.25) is 0 Å². The Balaban J connectivity index is 2.52. The number of benzene rings is 1. The van der Waals surface area contributed by atoms with Crippen molar-refractivity contribution >= 4 is 0 Å². The summed E-state index contributed by atoms with van der Waals surface area (Å²) in [5, 5.41) is 0. The third-order valence-corrected chi connectivity index (χ3v) is 2.21. The number of nitrogens with two attached hydrogens (primary N) is 1. The second-order valence-electron chi connectivity index (χ2n) is 3.21. The highest BCUT2D eigenvalue weighted by Crippen LogP contribution is 2.36. The van der Waals surface area contributed by atoms with Crippen molar-refractivity contribution in [3.8, 4) is 11.5 Å². The zero-order valence-electron chi connectivity index (χ0n) is 8.06. The highest BCUT2D eigenvalue weighted by Gasteiger charge is 2.22. The van der Waals surface area contributed by atoms with Gasteiger partial charge in [0.25, 0.3) is 0 Å². The van der Waals surface area contributed by atoms with Crippen LogP contribution in [-0.2, 0) is 6.42 Å². The fourth-order valence-electron chi connectivity index (χ4n) is 1.56. The maximum absolute atomic E-state index is 13.4. The van der Waals surface area contributed by atoms with Gasteiger partial charge < -0.3 is 15.2 Å². The molecule has 0 aromatic heterocycles. The summed E-state index contributed by atoms with van der Waals surface area (Å²) in [6.07, 6.45) is 0.231. The van der Waals surface area contributed by atoms with E-state index in [-0.39, 0.29) is 30.0 Å². The molecule has 2 N–H and O–H groups in total. The zero-order valence-corrected chi connectivity index (χ0v) is 8.06. The summed E-state index contributed by atoms with van der Waals surface area (Å²) in [7, 11) is 0. The maximum Gasteiger partial charge on any atom is 0.167 e. The predicted octanol–water partition coefficient (Wildman–Crippen LogP) is 1.24. The molecule has 2 rings (SSSR count). The van der Waals surface area contributed by atoms with E-state index in [2.05, 4.69) is 0 Å². The van der Waals surface area contributed by atoms with Crippen molar-refractivity contribution in [1.82, 2.24) is 0 Å². The van der Waals surface area contributed by atoms with Crippen LogP contribution in [0.4, 0.5) is 8.78 Å². The lowest BCUT2D eigenvalue weighted by Gasteiger charge is -2.21. The van der Waals surface area contributed by atoms with Crippen molar-refractivity contribution in [2.45, 2.75) is 6.42 Å². The zero-order chi connectivity index (χ0) is 10.8. The van der Waals surface area contributed by atoms with Gasteiger partial charge in [-0.1, -0.05) is 0 Å². The van der Waals surface area contributed by atoms with Gasteiger partial charge in [-0.15, -0.1) is 0 Å². The van der Waals surface area contributed by atoms with E-state index in [1.807, 2.05) is 0 Å². The van der Waals surface area contributed by atoms with Gasteiger partial charge in [0, 0.05) is 11.6 Å². The number of fused-ring (bicyclic) bond motifs is 1. The summed E-state index contributed by atoms with van der Waals surface area (Å²) in [4.78, 5) is 0. The Morgan fingerprint density at radius 3 is 2.73 bits per heavy atom. The summed E-state index contributed by atoms with van der Waals surface area (Å²) < 4.78 is 37.0. The molecule has 1 heterocycles. The van der Waals surface area contributed by atoms with Crippen LogP contribution >= 0.6 is 0 Å². The van der Waals surface area contributed by atoms with Crippen LogP contribution in [0.2, 0.25) is 0 Å². The average Bonchev–Trinajstić information content (AvgIpc) is 2.25. The molecule has 15 heavy (non-hydrogen) atoms. The maximum atomic E-state index is 13.4. The van der Waals surface area contributed by atoms with Crippen molar-refractivity contribution in [2.24, 2.45) is 5.73 Å². The van der Waals surface area contributed by atoms with E-state index in [0.29, 0.717) is 13.2 Å². The molecule has 5 heteroatoms. The van der Waals surface area contributed by atoms with Gasteiger partial charge in [-0.05, 0) is 13.0 Å². The van der Waals surface area contributed by atoms with Crippen molar-refractivity contribution in [2.75, 3.05) is 19.8 Å². The number of ether oxygens (including phenoxy) is 2. The first-order valence-electron chi connectivity index (χ1n) is 4.70. The van der Waals surface area contributed by atoms with Gasteiger partial charge >= 0.3 is 0 Å². The summed E-state index contributed by atoms with van der Waals surface area (Å²) >= 11 is 0. The van der Waals surface area contributed by atoms with E-state index in [4.69, 9.17) is 15.2 Å². The number of rotatable bonds is 2. The van der Waals surface area contributed by atoms with Crippen LogP contribution < -0.4 is 15.2 Å². The highest BCUT2D eigenvalue weighted by atomic mass is 19.2. The van der Waals surface area contributed by atoms with E-state index in [1.54, 1.807) is 0 Å².